The molecular weight excluding hydrogens is 428 g/mol. The predicted molar refractivity (Wildman–Crippen MR) is 119 cm³/mol. The van der Waals surface area contributed by atoms with E-state index in [9.17, 15) is 24.8 Å². The highest BCUT2D eigenvalue weighted by molar-refractivity contribution is 8.18. The molecular formula is C24H16N2O5S. The molecule has 3 aromatic rings. The summed E-state index contributed by atoms with van der Waals surface area (Å²) in [7, 11) is 0. The predicted octanol–water partition coefficient (Wildman–Crippen LogP) is 5.06. The fourth-order valence-electron chi connectivity index (χ4n) is 3.30. The molecule has 2 aromatic carbocycles. The maximum atomic E-state index is 12.8. The topological polar surface area (TPSA) is 112 Å². The van der Waals surface area contributed by atoms with Crippen LogP contribution in [0.3, 0.4) is 0 Å². The largest absolute Gasteiger partial charge is 0.478 e. The van der Waals surface area contributed by atoms with Gasteiger partial charge in [-0.15, -0.1) is 0 Å². The minimum atomic E-state index is -1.04. The Morgan fingerprint density at radius 2 is 1.97 bits per heavy atom. The average Bonchev–Trinajstić information content (AvgIpc) is 3.34. The van der Waals surface area contributed by atoms with Gasteiger partial charge in [0.15, 0.2) is 0 Å². The van der Waals surface area contributed by atoms with E-state index < -0.39 is 17.1 Å². The fourth-order valence-corrected chi connectivity index (χ4v) is 4.12. The summed E-state index contributed by atoms with van der Waals surface area (Å²) < 4.78 is 5.81. The maximum absolute atomic E-state index is 12.8. The van der Waals surface area contributed by atoms with E-state index in [1.165, 1.54) is 18.2 Å². The lowest BCUT2D eigenvalue weighted by Crippen LogP contribution is -2.27. The standard InChI is InChI=1S/C24H16N2O5S/c1-14-6-7-15(23(28)29)10-19(14)20-9-8-18(31-20)11-21-22(27)26(24(30)32-21)13-17-5-3-2-4-16(17)12-25/h2-11H,13H2,1H3,(H,28,29)/b21-11-. The molecule has 2 heterocycles. The quantitative estimate of drug-likeness (QED) is 0.547. The highest BCUT2D eigenvalue weighted by Gasteiger charge is 2.35. The van der Waals surface area contributed by atoms with E-state index in [0.717, 1.165) is 22.2 Å². The smallest absolute Gasteiger partial charge is 0.335 e. The maximum Gasteiger partial charge on any atom is 0.335 e. The van der Waals surface area contributed by atoms with E-state index in [1.807, 2.05) is 6.92 Å². The van der Waals surface area contributed by atoms with Crippen LogP contribution in [0.4, 0.5) is 4.79 Å². The second-order valence-electron chi connectivity index (χ2n) is 7.07. The monoisotopic (exact) mass is 444 g/mol. The summed E-state index contributed by atoms with van der Waals surface area (Å²) in [5.74, 6) is -0.679. The molecule has 1 aromatic heterocycles. The van der Waals surface area contributed by atoms with Crippen LogP contribution in [-0.4, -0.2) is 27.1 Å². The number of amides is 2. The molecule has 1 fully saturated rings. The molecule has 2 amide bonds. The van der Waals surface area contributed by atoms with E-state index >= 15 is 0 Å². The third-order valence-electron chi connectivity index (χ3n) is 4.99. The number of carboxylic acid groups (broad SMARTS) is 1. The molecule has 0 radical (unpaired) electrons. The zero-order valence-electron chi connectivity index (χ0n) is 16.9. The van der Waals surface area contributed by atoms with Crippen LogP contribution >= 0.6 is 11.8 Å². The number of aromatic carboxylic acids is 1. The minimum Gasteiger partial charge on any atom is -0.478 e. The number of rotatable bonds is 5. The first-order valence-electron chi connectivity index (χ1n) is 9.55. The zero-order valence-corrected chi connectivity index (χ0v) is 17.7. The number of hydrogen-bond acceptors (Lipinski definition) is 6. The molecule has 0 unspecified atom stereocenters. The number of hydrogen-bond donors (Lipinski definition) is 1. The lowest BCUT2D eigenvalue weighted by molar-refractivity contribution is -0.123. The Bertz CT molecular complexity index is 1330. The van der Waals surface area contributed by atoms with Crippen molar-refractivity contribution in [1.29, 1.82) is 5.26 Å². The van der Waals surface area contributed by atoms with Gasteiger partial charge >= 0.3 is 5.97 Å². The molecule has 4 rings (SSSR count). The average molecular weight is 444 g/mol. The molecule has 7 nitrogen and oxygen atoms in total. The van der Waals surface area contributed by atoms with Crippen molar-refractivity contribution < 1.29 is 23.9 Å². The lowest BCUT2D eigenvalue weighted by Gasteiger charge is -2.13. The van der Waals surface area contributed by atoms with Crippen LogP contribution in [0.25, 0.3) is 17.4 Å². The summed E-state index contributed by atoms with van der Waals surface area (Å²) in [4.78, 5) is 37.8. The number of furan rings is 1. The van der Waals surface area contributed by atoms with Crippen LogP contribution in [-0.2, 0) is 11.3 Å². The van der Waals surface area contributed by atoms with Crippen LogP contribution < -0.4 is 0 Å². The van der Waals surface area contributed by atoms with Gasteiger partial charge in [0, 0.05) is 11.6 Å². The molecule has 8 heteroatoms. The molecule has 1 aliphatic heterocycles. The Hall–Kier alpha value is -4.09. The van der Waals surface area contributed by atoms with Crippen LogP contribution in [0.2, 0.25) is 0 Å². The van der Waals surface area contributed by atoms with Gasteiger partial charge < -0.3 is 9.52 Å². The lowest BCUT2D eigenvalue weighted by atomic mass is 10.0. The molecule has 158 valence electrons. The third kappa shape index (κ3) is 4.06. The summed E-state index contributed by atoms with van der Waals surface area (Å²) in [5, 5.41) is 18.0. The van der Waals surface area contributed by atoms with Crippen molar-refractivity contribution in [3.05, 3.63) is 87.5 Å². The number of carbonyl (C=O) groups is 3. The van der Waals surface area contributed by atoms with Crippen molar-refractivity contribution in [3.63, 3.8) is 0 Å². The molecule has 0 spiro atoms. The Labute approximate surface area is 187 Å². The molecule has 1 aliphatic rings. The van der Waals surface area contributed by atoms with Crippen LogP contribution in [0.15, 0.2) is 63.9 Å². The van der Waals surface area contributed by atoms with Crippen molar-refractivity contribution in [1.82, 2.24) is 4.90 Å². The number of carboxylic acids is 1. The molecule has 0 bridgehead atoms. The van der Waals surface area contributed by atoms with Crippen molar-refractivity contribution >= 4 is 35.0 Å². The van der Waals surface area contributed by atoms with Gasteiger partial charge in [0.25, 0.3) is 11.1 Å². The van der Waals surface area contributed by atoms with Crippen LogP contribution in [0, 0.1) is 18.3 Å². The first kappa shape index (κ1) is 21.2. The molecule has 32 heavy (non-hydrogen) atoms. The molecule has 1 saturated heterocycles. The van der Waals surface area contributed by atoms with Gasteiger partial charge in [0.2, 0.25) is 0 Å². The highest BCUT2D eigenvalue weighted by Crippen LogP contribution is 2.35. The van der Waals surface area contributed by atoms with Gasteiger partial charge in [0.1, 0.15) is 11.5 Å². The summed E-state index contributed by atoms with van der Waals surface area (Å²) >= 11 is 0.802. The van der Waals surface area contributed by atoms with Gasteiger partial charge in [-0.05, 0) is 60.1 Å². The van der Waals surface area contributed by atoms with E-state index in [-0.39, 0.29) is 17.0 Å². The van der Waals surface area contributed by atoms with Crippen LogP contribution in [0.5, 0.6) is 0 Å². The minimum absolute atomic E-state index is 0.0102. The molecule has 0 aliphatic carbocycles. The second-order valence-corrected chi connectivity index (χ2v) is 8.07. The van der Waals surface area contributed by atoms with E-state index in [0.29, 0.717) is 28.2 Å². The second kappa shape index (κ2) is 8.57. The van der Waals surface area contributed by atoms with E-state index in [4.69, 9.17) is 4.42 Å². The molecule has 0 saturated carbocycles. The fraction of sp³-hybridized carbons (Fsp3) is 0.0833. The Kier molecular flexibility index (Phi) is 5.67. The van der Waals surface area contributed by atoms with Gasteiger partial charge in [-0.25, -0.2) is 4.79 Å². The first-order chi connectivity index (χ1) is 15.4. The summed E-state index contributed by atoms with van der Waals surface area (Å²) in [6.07, 6.45) is 1.49. The van der Waals surface area contributed by atoms with Gasteiger partial charge in [-0.1, -0.05) is 24.3 Å². The Morgan fingerprint density at radius 1 is 1.19 bits per heavy atom. The Balaban J connectivity index is 1.58. The number of benzene rings is 2. The van der Waals surface area contributed by atoms with Gasteiger partial charge in [-0.3, -0.25) is 14.5 Å². The summed E-state index contributed by atoms with van der Waals surface area (Å²) in [6, 6.07) is 17.0. The summed E-state index contributed by atoms with van der Waals surface area (Å²) in [6.45, 7) is 1.85. The molecule has 0 atom stereocenters. The van der Waals surface area contributed by atoms with Crippen molar-refractivity contribution in [2.45, 2.75) is 13.5 Å². The number of nitrogens with zero attached hydrogens (tertiary/aromatic N) is 2. The third-order valence-corrected chi connectivity index (χ3v) is 5.90. The van der Waals surface area contributed by atoms with Crippen molar-refractivity contribution in [2.75, 3.05) is 0 Å². The van der Waals surface area contributed by atoms with Crippen LogP contribution in [0.1, 0.15) is 32.8 Å². The van der Waals surface area contributed by atoms with Crippen molar-refractivity contribution in [3.8, 4) is 17.4 Å². The Morgan fingerprint density at radius 3 is 2.72 bits per heavy atom. The van der Waals surface area contributed by atoms with Gasteiger partial charge in [-0.2, -0.15) is 5.26 Å². The van der Waals surface area contributed by atoms with E-state index in [1.54, 1.807) is 42.5 Å². The van der Waals surface area contributed by atoms with Crippen molar-refractivity contribution in [2.24, 2.45) is 0 Å². The number of nitriles is 1. The number of carbonyl (C=O) groups excluding carboxylic acids is 2. The number of thioether (sulfide) groups is 1. The zero-order chi connectivity index (χ0) is 22.8. The molecule has 1 N–H and O–H groups in total. The highest BCUT2D eigenvalue weighted by atomic mass is 32.2. The number of aryl methyl sites for hydroxylation is 1. The first-order valence-corrected chi connectivity index (χ1v) is 10.4. The van der Waals surface area contributed by atoms with E-state index in [2.05, 4.69) is 6.07 Å². The normalized spacial score (nSPS) is 14.8. The summed E-state index contributed by atoms with van der Waals surface area (Å²) in [5.41, 5.74) is 2.61. The number of imide groups is 1. The SMILES string of the molecule is Cc1ccc(C(=O)O)cc1-c1ccc(/C=C2\SC(=O)N(Cc3ccccc3C#N)C2=O)o1. The van der Waals surface area contributed by atoms with Gasteiger partial charge in [0.05, 0.1) is 28.6 Å².